The number of ether oxygens (including phenoxy) is 2. The van der Waals surface area contributed by atoms with Gasteiger partial charge >= 0.3 is 0 Å². The summed E-state index contributed by atoms with van der Waals surface area (Å²) in [4.78, 5) is 0. The maximum atomic E-state index is 6.12. The third kappa shape index (κ3) is 5.36. The second-order valence-corrected chi connectivity index (χ2v) is 5.74. The lowest BCUT2D eigenvalue weighted by Crippen LogP contribution is -2.47. The maximum Gasteiger partial charge on any atom is 0.0807 e. The quantitative estimate of drug-likeness (QED) is 0.697. The highest BCUT2D eigenvalue weighted by molar-refractivity contribution is 4.89. The van der Waals surface area contributed by atoms with E-state index in [1.54, 1.807) is 7.11 Å². The van der Waals surface area contributed by atoms with E-state index in [-0.39, 0.29) is 5.60 Å². The number of nitrogens with one attached hydrogen (secondary N) is 1. The summed E-state index contributed by atoms with van der Waals surface area (Å²) in [7, 11) is 1.73. The fraction of sp³-hybridized carbons (Fsp3) is 1.00. The fourth-order valence-electron chi connectivity index (χ4n) is 2.39. The molecule has 0 spiro atoms. The van der Waals surface area contributed by atoms with E-state index < -0.39 is 0 Å². The van der Waals surface area contributed by atoms with E-state index in [0.717, 1.165) is 12.5 Å². The van der Waals surface area contributed by atoms with Crippen molar-refractivity contribution in [3.05, 3.63) is 0 Å². The van der Waals surface area contributed by atoms with Gasteiger partial charge in [0.1, 0.15) is 0 Å². The second-order valence-electron chi connectivity index (χ2n) is 5.74. The summed E-state index contributed by atoms with van der Waals surface area (Å²) in [6.45, 7) is 9.10. The Kier molecular flexibility index (Phi) is 6.45. The molecule has 0 aromatic rings. The summed E-state index contributed by atoms with van der Waals surface area (Å²) in [5.41, 5.74) is 0.0509. The number of rotatable bonds is 7. The lowest BCUT2D eigenvalue weighted by atomic mass is 9.79. The summed E-state index contributed by atoms with van der Waals surface area (Å²) >= 11 is 0. The van der Waals surface area contributed by atoms with Crippen LogP contribution in [0.4, 0.5) is 0 Å². The van der Waals surface area contributed by atoms with Gasteiger partial charge in [-0.15, -0.1) is 0 Å². The minimum atomic E-state index is 0.0509. The molecule has 102 valence electrons. The summed E-state index contributed by atoms with van der Waals surface area (Å²) < 4.78 is 11.2. The topological polar surface area (TPSA) is 30.5 Å². The summed E-state index contributed by atoms with van der Waals surface area (Å²) in [6.07, 6.45) is 4.93. The van der Waals surface area contributed by atoms with Crippen LogP contribution in [0.15, 0.2) is 0 Å². The first-order valence-electron chi connectivity index (χ1n) is 6.94. The van der Waals surface area contributed by atoms with Gasteiger partial charge in [-0.2, -0.15) is 0 Å². The van der Waals surface area contributed by atoms with Crippen molar-refractivity contribution in [2.45, 2.75) is 58.1 Å². The van der Waals surface area contributed by atoms with Gasteiger partial charge < -0.3 is 14.8 Å². The average molecular weight is 243 g/mol. The van der Waals surface area contributed by atoms with E-state index in [0.29, 0.717) is 19.3 Å². The largest absolute Gasteiger partial charge is 0.382 e. The fourth-order valence-corrected chi connectivity index (χ4v) is 2.39. The Labute approximate surface area is 106 Å². The summed E-state index contributed by atoms with van der Waals surface area (Å²) in [5.74, 6) is 0.855. The molecule has 0 unspecified atom stereocenters. The Morgan fingerprint density at radius 3 is 2.41 bits per heavy atom. The molecule has 0 aromatic carbocycles. The molecular weight excluding hydrogens is 214 g/mol. The Bertz CT molecular complexity index is 198. The van der Waals surface area contributed by atoms with Crippen LogP contribution in [0.2, 0.25) is 0 Å². The molecule has 0 bridgehead atoms. The SMILES string of the molecule is COCCOC1(CNC(C)C)CCC(C)CC1. The number of hydrogen-bond donors (Lipinski definition) is 1. The predicted molar refractivity (Wildman–Crippen MR) is 71.3 cm³/mol. The van der Waals surface area contributed by atoms with Gasteiger partial charge in [0, 0.05) is 19.7 Å². The molecular formula is C14H29NO2. The first kappa shape index (κ1) is 14.9. The van der Waals surface area contributed by atoms with Crippen molar-refractivity contribution in [2.75, 3.05) is 26.9 Å². The molecule has 0 atom stereocenters. The highest BCUT2D eigenvalue weighted by Crippen LogP contribution is 2.34. The van der Waals surface area contributed by atoms with E-state index in [4.69, 9.17) is 9.47 Å². The van der Waals surface area contributed by atoms with Gasteiger partial charge in [-0.05, 0) is 31.6 Å². The van der Waals surface area contributed by atoms with Crippen LogP contribution in [0.25, 0.3) is 0 Å². The highest BCUT2D eigenvalue weighted by atomic mass is 16.5. The molecule has 3 heteroatoms. The minimum absolute atomic E-state index is 0.0509. The van der Waals surface area contributed by atoms with Gasteiger partial charge in [-0.25, -0.2) is 0 Å². The molecule has 1 rings (SSSR count). The Balaban J connectivity index is 2.44. The smallest absolute Gasteiger partial charge is 0.0807 e. The molecule has 0 aliphatic heterocycles. The van der Waals surface area contributed by atoms with Crippen LogP contribution < -0.4 is 5.32 Å². The molecule has 0 radical (unpaired) electrons. The van der Waals surface area contributed by atoms with Crippen LogP contribution in [0.5, 0.6) is 0 Å². The molecule has 1 saturated carbocycles. The Morgan fingerprint density at radius 1 is 1.24 bits per heavy atom. The molecule has 0 amide bonds. The molecule has 0 heterocycles. The lowest BCUT2D eigenvalue weighted by molar-refractivity contribution is -0.0888. The van der Waals surface area contributed by atoms with Crippen molar-refractivity contribution < 1.29 is 9.47 Å². The zero-order chi connectivity index (χ0) is 12.7. The predicted octanol–water partition coefficient (Wildman–Crippen LogP) is 2.60. The van der Waals surface area contributed by atoms with Gasteiger partial charge in [0.05, 0.1) is 18.8 Å². The molecule has 0 saturated heterocycles. The van der Waals surface area contributed by atoms with Crippen molar-refractivity contribution >= 4 is 0 Å². The molecule has 17 heavy (non-hydrogen) atoms. The maximum absolute atomic E-state index is 6.12. The first-order chi connectivity index (χ1) is 8.08. The van der Waals surface area contributed by atoms with Crippen LogP contribution in [0, 0.1) is 5.92 Å². The van der Waals surface area contributed by atoms with Crippen LogP contribution in [0.1, 0.15) is 46.5 Å². The molecule has 1 aliphatic carbocycles. The van der Waals surface area contributed by atoms with E-state index in [1.165, 1.54) is 25.7 Å². The lowest BCUT2D eigenvalue weighted by Gasteiger charge is -2.40. The standard InChI is InChI=1S/C14H29NO2/c1-12(2)15-11-14(17-10-9-16-4)7-5-13(3)6-8-14/h12-13,15H,5-11H2,1-4H3. The van der Waals surface area contributed by atoms with E-state index in [1.807, 2.05) is 0 Å². The highest BCUT2D eigenvalue weighted by Gasteiger charge is 2.34. The molecule has 0 aromatic heterocycles. The zero-order valence-corrected chi connectivity index (χ0v) is 11.9. The zero-order valence-electron chi connectivity index (χ0n) is 11.9. The van der Waals surface area contributed by atoms with Crippen LogP contribution in [-0.4, -0.2) is 38.5 Å². The third-order valence-corrected chi connectivity index (χ3v) is 3.71. The van der Waals surface area contributed by atoms with Crippen molar-refractivity contribution in [2.24, 2.45) is 5.92 Å². The number of hydrogen-bond acceptors (Lipinski definition) is 3. The van der Waals surface area contributed by atoms with Crippen molar-refractivity contribution in [1.82, 2.24) is 5.32 Å². The molecule has 1 aliphatic rings. The van der Waals surface area contributed by atoms with Crippen LogP contribution >= 0.6 is 0 Å². The minimum Gasteiger partial charge on any atom is -0.382 e. The first-order valence-corrected chi connectivity index (χ1v) is 6.94. The Hall–Kier alpha value is -0.120. The van der Waals surface area contributed by atoms with Crippen LogP contribution in [-0.2, 0) is 9.47 Å². The van der Waals surface area contributed by atoms with E-state index >= 15 is 0 Å². The van der Waals surface area contributed by atoms with Gasteiger partial charge in [-0.1, -0.05) is 20.8 Å². The van der Waals surface area contributed by atoms with E-state index in [2.05, 4.69) is 26.1 Å². The van der Waals surface area contributed by atoms with Gasteiger partial charge in [0.2, 0.25) is 0 Å². The summed E-state index contributed by atoms with van der Waals surface area (Å²) in [6, 6.07) is 0.525. The second kappa shape index (κ2) is 7.34. The normalized spacial score (nSPS) is 29.8. The van der Waals surface area contributed by atoms with Crippen molar-refractivity contribution in [3.63, 3.8) is 0 Å². The molecule has 3 nitrogen and oxygen atoms in total. The third-order valence-electron chi connectivity index (χ3n) is 3.71. The van der Waals surface area contributed by atoms with Gasteiger partial charge in [0.15, 0.2) is 0 Å². The van der Waals surface area contributed by atoms with Gasteiger partial charge in [-0.3, -0.25) is 0 Å². The monoisotopic (exact) mass is 243 g/mol. The molecule has 1 fully saturated rings. The van der Waals surface area contributed by atoms with Crippen molar-refractivity contribution in [1.29, 1.82) is 0 Å². The number of methoxy groups -OCH3 is 1. The van der Waals surface area contributed by atoms with Gasteiger partial charge in [0.25, 0.3) is 0 Å². The Morgan fingerprint density at radius 2 is 1.88 bits per heavy atom. The average Bonchev–Trinajstić information content (AvgIpc) is 2.31. The summed E-state index contributed by atoms with van der Waals surface area (Å²) in [5, 5.41) is 3.53. The molecule has 1 N–H and O–H groups in total. The van der Waals surface area contributed by atoms with E-state index in [9.17, 15) is 0 Å². The van der Waals surface area contributed by atoms with Crippen LogP contribution in [0.3, 0.4) is 0 Å². The van der Waals surface area contributed by atoms with Crippen molar-refractivity contribution in [3.8, 4) is 0 Å².